The maximum Gasteiger partial charge on any atom is 0.207 e. The van der Waals surface area contributed by atoms with Crippen molar-refractivity contribution in [2.45, 2.75) is 6.92 Å². The van der Waals surface area contributed by atoms with Crippen LogP contribution in [0, 0.1) is 17.1 Å². The molecule has 2 aromatic carbocycles. The Balaban J connectivity index is 1.56. The summed E-state index contributed by atoms with van der Waals surface area (Å²) in [7, 11) is 0. The lowest BCUT2D eigenvalue weighted by Gasteiger charge is -2.36. The van der Waals surface area contributed by atoms with Gasteiger partial charge in [0.2, 0.25) is 5.69 Å². The zero-order chi connectivity index (χ0) is 20.2. The summed E-state index contributed by atoms with van der Waals surface area (Å²) in [6.45, 7) is 4.94. The second kappa shape index (κ2) is 8.19. The number of aromatic nitrogens is 3. The number of anilines is 2. The van der Waals surface area contributed by atoms with Gasteiger partial charge in [-0.05, 0) is 31.2 Å². The van der Waals surface area contributed by atoms with Gasteiger partial charge in [-0.15, -0.1) is 15.0 Å². The molecular formula is C21H21FN6O. The highest BCUT2D eigenvalue weighted by Gasteiger charge is 2.25. The van der Waals surface area contributed by atoms with Gasteiger partial charge >= 0.3 is 0 Å². The van der Waals surface area contributed by atoms with Crippen molar-refractivity contribution in [3.8, 4) is 17.5 Å². The van der Waals surface area contributed by atoms with Gasteiger partial charge in [0.25, 0.3) is 0 Å². The Bertz CT molecular complexity index is 1040. The van der Waals surface area contributed by atoms with Crippen LogP contribution in [0.15, 0.2) is 48.5 Å². The molecule has 3 aromatic rings. The fourth-order valence-electron chi connectivity index (χ4n) is 3.46. The van der Waals surface area contributed by atoms with Gasteiger partial charge in [0.05, 0.1) is 12.3 Å². The van der Waals surface area contributed by atoms with Crippen molar-refractivity contribution in [2.24, 2.45) is 0 Å². The molecule has 1 fully saturated rings. The van der Waals surface area contributed by atoms with Crippen molar-refractivity contribution in [3.63, 3.8) is 0 Å². The highest BCUT2D eigenvalue weighted by Crippen LogP contribution is 2.26. The van der Waals surface area contributed by atoms with Gasteiger partial charge in [-0.2, -0.15) is 5.26 Å². The second-order valence-corrected chi connectivity index (χ2v) is 6.60. The van der Waals surface area contributed by atoms with E-state index in [1.165, 1.54) is 10.9 Å². The van der Waals surface area contributed by atoms with E-state index >= 15 is 0 Å². The van der Waals surface area contributed by atoms with Crippen LogP contribution in [0.3, 0.4) is 0 Å². The predicted molar refractivity (Wildman–Crippen MR) is 108 cm³/mol. The Kier molecular flexibility index (Phi) is 5.29. The molecule has 1 aliphatic rings. The van der Waals surface area contributed by atoms with Gasteiger partial charge in [-0.3, -0.25) is 0 Å². The largest absolute Gasteiger partial charge is 0.492 e. The molecule has 0 amide bonds. The lowest BCUT2D eigenvalue weighted by atomic mass is 10.2. The summed E-state index contributed by atoms with van der Waals surface area (Å²) in [5.74, 6) is 0.967. The topological polar surface area (TPSA) is 70.2 Å². The lowest BCUT2D eigenvalue weighted by Crippen LogP contribution is -2.47. The van der Waals surface area contributed by atoms with Crippen molar-refractivity contribution in [1.29, 1.82) is 5.26 Å². The number of hydrogen-bond acceptors (Lipinski definition) is 6. The Morgan fingerprint density at radius 2 is 1.62 bits per heavy atom. The van der Waals surface area contributed by atoms with Crippen molar-refractivity contribution >= 4 is 11.5 Å². The van der Waals surface area contributed by atoms with Crippen LogP contribution in [0.2, 0.25) is 0 Å². The van der Waals surface area contributed by atoms with Gasteiger partial charge in [-0.25, -0.2) is 4.39 Å². The van der Waals surface area contributed by atoms with Crippen LogP contribution < -0.4 is 14.5 Å². The SMILES string of the molecule is CCOc1ccccc1-n1nc(C#N)c(N2CCN(c3ccccc3F)CC2)n1. The number of benzene rings is 2. The molecule has 8 heteroatoms. The summed E-state index contributed by atoms with van der Waals surface area (Å²) in [6, 6.07) is 16.4. The smallest absolute Gasteiger partial charge is 0.207 e. The van der Waals surface area contributed by atoms with E-state index in [9.17, 15) is 9.65 Å². The zero-order valence-corrected chi connectivity index (χ0v) is 16.1. The van der Waals surface area contributed by atoms with Crippen LogP contribution in [0.5, 0.6) is 5.75 Å². The van der Waals surface area contributed by atoms with Gasteiger partial charge in [0.1, 0.15) is 23.3 Å². The highest BCUT2D eigenvalue weighted by atomic mass is 19.1. The van der Waals surface area contributed by atoms with Crippen molar-refractivity contribution in [2.75, 3.05) is 42.6 Å². The normalized spacial score (nSPS) is 14.0. The number of rotatable bonds is 5. The molecule has 0 spiro atoms. The maximum absolute atomic E-state index is 14.1. The van der Waals surface area contributed by atoms with Crippen molar-refractivity contribution < 1.29 is 9.13 Å². The average Bonchev–Trinajstić information content (AvgIpc) is 3.19. The molecule has 0 aliphatic carbocycles. The minimum Gasteiger partial charge on any atom is -0.492 e. The molecule has 2 heterocycles. The fourth-order valence-corrected chi connectivity index (χ4v) is 3.46. The second-order valence-electron chi connectivity index (χ2n) is 6.60. The first-order valence-corrected chi connectivity index (χ1v) is 9.55. The van der Waals surface area contributed by atoms with E-state index in [-0.39, 0.29) is 11.5 Å². The summed E-state index contributed by atoms with van der Waals surface area (Å²) < 4.78 is 19.7. The molecular weight excluding hydrogens is 371 g/mol. The summed E-state index contributed by atoms with van der Waals surface area (Å²) in [6.07, 6.45) is 0. The fraction of sp³-hybridized carbons (Fsp3) is 0.286. The monoisotopic (exact) mass is 392 g/mol. The third-order valence-electron chi connectivity index (χ3n) is 4.85. The quantitative estimate of drug-likeness (QED) is 0.665. The molecule has 0 atom stereocenters. The van der Waals surface area contributed by atoms with E-state index < -0.39 is 0 Å². The minimum atomic E-state index is -0.225. The van der Waals surface area contributed by atoms with Gasteiger partial charge < -0.3 is 14.5 Å². The summed E-state index contributed by atoms with van der Waals surface area (Å²) in [5, 5.41) is 18.5. The number of hydrogen-bond donors (Lipinski definition) is 0. The van der Waals surface area contributed by atoms with Crippen LogP contribution in [-0.4, -0.2) is 47.8 Å². The molecule has 0 unspecified atom stereocenters. The molecule has 0 radical (unpaired) electrons. The molecule has 1 saturated heterocycles. The van der Waals surface area contributed by atoms with Crippen LogP contribution in [-0.2, 0) is 0 Å². The van der Waals surface area contributed by atoms with Crippen molar-refractivity contribution in [1.82, 2.24) is 15.0 Å². The Hall–Kier alpha value is -3.60. The van der Waals surface area contributed by atoms with E-state index in [2.05, 4.69) is 16.3 Å². The summed E-state index contributed by atoms with van der Waals surface area (Å²) in [5.41, 5.74) is 1.54. The zero-order valence-electron chi connectivity index (χ0n) is 16.1. The first-order valence-electron chi connectivity index (χ1n) is 9.55. The van der Waals surface area contributed by atoms with Crippen LogP contribution >= 0.6 is 0 Å². The number of nitrogens with zero attached hydrogens (tertiary/aromatic N) is 6. The highest BCUT2D eigenvalue weighted by molar-refractivity contribution is 5.55. The molecule has 0 bridgehead atoms. The minimum absolute atomic E-state index is 0.225. The van der Waals surface area contributed by atoms with E-state index in [4.69, 9.17) is 4.74 Å². The third-order valence-corrected chi connectivity index (χ3v) is 4.85. The van der Waals surface area contributed by atoms with E-state index in [0.29, 0.717) is 55.7 Å². The van der Waals surface area contributed by atoms with Crippen LogP contribution in [0.4, 0.5) is 15.9 Å². The van der Waals surface area contributed by atoms with Crippen molar-refractivity contribution in [3.05, 3.63) is 60.0 Å². The van der Waals surface area contributed by atoms with Crippen LogP contribution in [0.25, 0.3) is 5.69 Å². The first kappa shape index (κ1) is 18.7. The molecule has 148 valence electrons. The third kappa shape index (κ3) is 3.72. The molecule has 1 aliphatic heterocycles. The molecule has 7 nitrogen and oxygen atoms in total. The van der Waals surface area contributed by atoms with Gasteiger partial charge in [0, 0.05) is 26.2 Å². The van der Waals surface area contributed by atoms with E-state index in [1.807, 2.05) is 47.1 Å². The van der Waals surface area contributed by atoms with E-state index in [1.54, 1.807) is 12.1 Å². The number of nitriles is 1. The standard InChI is InChI=1S/C21H21FN6O/c1-2-29-20-10-6-5-9-19(20)28-24-17(15-23)21(25-28)27-13-11-26(12-14-27)18-8-4-3-7-16(18)22/h3-10H,2,11-14H2,1H3. The lowest BCUT2D eigenvalue weighted by molar-refractivity contribution is 0.337. The molecule has 1 aromatic heterocycles. The van der Waals surface area contributed by atoms with Gasteiger partial charge in [0.15, 0.2) is 5.82 Å². The number of piperazine rings is 1. The molecule has 4 rings (SSSR count). The Labute approximate surface area is 168 Å². The number of halogens is 1. The number of ether oxygens (including phenoxy) is 1. The number of para-hydroxylation sites is 3. The molecule has 29 heavy (non-hydrogen) atoms. The Morgan fingerprint density at radius 1 is 0.966 bits per heavy atom. The van der Waals surface area contributed by atoms with Gasteiger partial charge in [-0.1, -0.05) is 24.3 Å². The predicted octanol–water partition coefficient (Wildman–Crippen LogP) is 3.00. The van der Waals surface area contributed by atoms with E-state index in [0.717, 1.165) is 0 Å². The first-order chi connectivity index (χ1) is 14.2. The van der Waals surface area contributed by atoms with Crippen LogP contribution in [0.1, 0.15) is 12.6 Å². The molecule has 0 saturated carbocycles. The maximum atomic E-state index is 14.1. The summed E-state index contributed by atoms with van der Waals surface area (Å²) in [4.78, 5) is 5.47. The summed E-state index contributed by atoms with van der Waals surface area (Å²) >= 11 is 0. The molecule has 0 N–H and O–H groups in total. The Morgan fingerprint density at radius 3 is 2.31 bits per heavy atom. The average molecular weight is 392 g/mol.